The number of hydrogen-bond donors (Lipinski definition) is 1. The zero-order valence-electron chi connectivity index (χ0n) is 20.2. The van der Waals surface area contributed by atoms with Crippen LogP contribution in [0, 0.1) is 28.9 Å². The average molecular weight is 554 g/mol. The van der Waals surface area contributed by atoms with Gasteiger partial charge in [0, 0.05) is 12.3 Å². The van der Waals surface area contributed by atoms with Crippen molar-refractivity contribution in [2.24, 2.45) is 0 Å². The minimum Gasteiger partial charge on any atom is -0.485 e. The molecule has 0 radical (unpaired) electrons. The van der Waals surface area contributed by atoms with E-state index in [9.17, 15) is 18.8 Å². The molecule has 13 heteroatoms. The number of pyridine rings is 1. The van der Waals surface area contributed by atoms with Crippen molar-refractivity contribution in [2.45, 2.75) is 23.6 Å². The summed E-state index contributed by atoms with van der Waals surface area (Å²) in [5.41, 5.74) is 6.56. The van der Waals surface area contributed by atoms with Gasteiger partial charge in [0.2, 0.25) is 5.82 Å². The second-order valence-corrected chi connectivity index (χ2v) is 8.57. The van der Waals surface area contributed by atoms with E-state index in [-0.39, 0.29) is 46.8 Å². The molecule has 2 aromatic carbocycles. The third-order valence-corrected chi connectivity index (χ3v) is 5.91. The van der Waals surface area contributed by atoms with Crippen LogP contribution >= 0.6 is 11.8 Å². The molecule has 2 heterocycles. The highest BCUT2D eigenvalue weighted by Gasteiger charge is 2.25. The molecule has 0 fully saturated rings. The quantitative estimate of drug-likeness (QED) is 0.162. The molecule has 0 atom stereocenters. The lowest BCUT2D eigenvalue weighted by Gasteiger charge is -2.14. The number of carbonyl (C=O) groups is 1. The van der Waals surface area contributed by atoms with Gasteiger partial charge in [-0.25, -0.2) is 19.2 Å². The standard InChI is InChI=1S/C26H18F3N5O4S/c1-2-36-25(35)16-12-32-26(34-23(16)31)39-21-19(27)22(29)33-24(20(21)28)38-18-10-15(11-30)8-9-17(18)37-13-14-6-4-3-5-7-14/h3-10,12H,2,13H2,1H3,(H2,31,32,34). The maximum absolute atomic E-state index is 15.4. The van der Waals surface area contributed by atoms with Gasteiger partial charge in [-0.15, -0.1) is 0 Å². The fourth-order valence-electron chi connectivity index (χ4n) is 3.13. The topological polar surface area (TPSA) is 133 Å². The molecule has 0 saturated carbocycles. The Morgan fingerprint density at radius 1 is 1.08 bits per heavy atom. The van der Waals surface area contributed by atoms with Gasteiger partial charge in [0.15, 0.2) is 22.5 Å². The monoisotopic (exact) mass is 553 g/mol. The van der Waals surface area contributed by atoms with Crippen molar-refractivity contribution < 1.29 is 32.2 Å². The van der Waals surface area contributed by atoms with E-state index in [0.717, 1.165) is 11.8 Å². The van der Waals surface area contributed by atoms with E-state index in [2.05, 4.69) is 15.0 Å². The highest BCUT2D eigenvalue weighted by Crippen LogP contribution is 2.39. The number of aromatic nitrogens is 3. The lowest BCUT2D eigenvalue weighted by atomic mass is 10.2. The molecule has 0 aliphatic rings. The summed E-state index contributed by atoms with van der Waals surface area (Å²) in [5, 5.41) is 8.99. The van der Waals surface area contributed by atoms with Crippen molar-refractivity contribution in [1.82, 2.24) is 15.0 Å². The third-order valence-electron chi connectivity index (χ3n) is 4.97. The summed E-state index contributed by atoms with van der Waals surface area (Å²) in [7, 11) is 0. The van der Waals surface area contributed by atoms with E-state index in [4.69, 9.17) is 19.9 Å². The number of esters is 1. The molecule has 0 unspecified atom stereocenters. The van der Waals surface area contributed by atoms with Crippen LogP contribution in [0.25, 0.3) is 0 Å². The second-order valence-electron chi connectivity index (χ2n) is 7.59. The number of nitrogen functional groups attached to an aromatic ring is 1. The molecular formula is C26H18F3N5O4S. The van der Waals surface area contributed by atoms with Crippen molar-refractivity contribution in [3.63, 3.8) is 0 Å². The Morgan fingerprint density at radius 3 is 2.54 bits per heavy atom. The van der Waals surface area contributed by atoms with Gasteiger partial charge in [-0.1, -0.05) is 30.3 Å². The Balaban J connectivity index is 1.64. The zero-order chi connectivity index (χ0) is 27.9. The smallest absolute Gasteiger partial charge is 0.343 e. The summed E-state index contributed by atoms with van der Waals surface area (Å²) in [6, 6.07) is 15.1. The first-order valence-corrected chi connectivity index (χ1v) is 12.0. The molecule has 198 valence electrons. The molecular weight excluding hydrogens is 535 g/mol. The summed E-state index contributed by atoms with van der Waals surface area (Å²) in [4.78, 5) is 22.0. The summed E-state index contributed by atoms with van der Waals surface area (Å²) in [6.07, 6.45) is 1.02. The third kappa shape index (κ3) is 6.36. The van der Waals surface area contributed by atoms with E-state index in [1.807, 2.05) is 36.4 Å². The molecule has 0 amide bonds. The SMILES string of the molecule is CCOC(=O)c1cnc(Sc2c(F)c(F)nc(Oc3cc(C#N)ccc3OCc3ccccc3)c2F)nc1N. The molecule has 0 aliphatic carbocycles. The highest BCUT2D eigenvalue weighted by molar-refractivity contribution is 7.99. The first kappa shape index (κ1) is 27.2. The van der Waals surface area contributed by atoms with E-state index >= 15 is 4.39 Å². The molecule has 2 aromatic heterocycles. The van der Waals surface area contributed by atoms with Gasteiger partial charge in [-0.2, -0.15) is 19.0 Å². The van der Waals surface area contributed by atoms with E-state index in [1.165, 1.54) is 18.2 Å². The molecule has 9 nitrogen and oxygen atoms in total. The van der Waals surface area contributed by atoms with Gasteiger partial charge in [0.1, 0.15) is 18.0 Å². The largest absolute Gasteiger partial charge is 0.485 e. The van der Waals surface area contributed by atoms with Crippen LogP contribution in [0.3, 0.4) is 0 Å². The van der Waals surface area contributed by atoms with Crippen molar-refractivity contribution >= 4 is 23.5 Å². The van der Waals surface area contributed by atoms with Crippen molar-refractivity contribution in [1.29, 1.82) is 5.26 Å². The summed E-state index contributed by atoms with van der Waals surface area (Å²) in [6.45, 7) is 1.79. The molecule has 4 aromatic rings. The number of nitrogens with zero attached hydrogens (tertiary/aromatic N) is 4. The Bertz CT molecular complexity index is 1570. The van der Waals surface area contributed by atoms with E-state index < -0.39 is 34.3 Å². The second kappa shape index (κ2) is 12.1. The van der Waals surface area contributed by atoms with Gasteiger partial charge in [0.25, 0.3) is 11.8 Å². The van der Waals surface area contributed by atoms with Crippen LogP contribution in [-0.2, 0) is 11.3 Å². The minimum atomic E-state index is -1.66. The van der Waals surface area contributed by atoms with Crippen LogP contribution in [0.2, 0.25) is 0 Å². The lowest BCUT2D eigenvalue weighted by Crippen LogP contribution is -2.10. The fourth-order valence-corrected chi connectivity index (χ4v) is 3.92. The number of carbonyl (C=O) groups excluding carboxylic acids is 1. The molecule has 0 saturated heterocycles. The number of ether oxygens (including phenoxy) is 3. The van der Waals surface area contributed by atoms with Crippen molar-refractivity contribution in [2.75, 3.05) is 12.3 Å². The maximum Gasteiger partial charge on any atom is 0.343 e. The van der Waals surface area contributed by atoms with Gasteiger partial charge >= 0.3 is 5.97 Å². The van der Waals surface area contributed by atoms with Crippen LogP contribution < -0.4 is 15.2 Å². The highest BCUT2D eigenvalue weighted by atomic mass is 32.2. The number of benzene rings is 2. The lowest BCUT2D eigenvalue weighted by molar-refractivity contribution is 0.0526. The molecule has 0 aliphatic heterocycles. The Hall–Kier alpha value is -4.83. The summed E-state index contributed by atoms with van der Waals surface area (Å²) >= 11 is 0.299. The number of nitrogens with two attached hydrogens (primary N) is 1. The number of anilines is 1. The minimum absolute atomic E-state index is 0.0839. The van der Waals surface area contributed by atoms with Crippen LogP contribution in [-0.4, -0.2) is 27.5 Å². The van der Waals surface area contributed by atoms with Crippen LogP contribution in [0.5, 0.6) is 17.4 Å². The van der Waals surface area contributed by atoms with Gasteiger partial charge < -0.3 is 19.9 Å². The van der Waals surface area contributed by atoms with Gasteiger partial charge in [-0.3, -0.25) is 0 Å². The first-order valence-electron chi connectivity index (χ1n) is 11.2. The molecule has 4 rings (SSSR count). The number of halogens is 3. The number of hydrogen-bond acceptors (Lipinski definition) is 10. The molecule has 2 N–H and O–H groups in total. The maximum atomic E-state index is 15.4. The fraction of sp³-hybridized carbons (Fsp3) is 0.115. The Labute approximate surface area is 224 Å². The zero-order valence-corrected chi connectivity index (χ0v) is 21.0. The average Bonchev–Trinajstić information content (AvgIpc) is 2.94. The molecule has 0 spiro atoms. The van der Waals surface area contributed by atoms with Crippen LogP contribution in [0.15, 0.2) is 64.8 Å². The van der Waals surface area contributed by atoms with Crippen molar-refractivity contribution in [3.05, 3.63) is 89.0 Å². The Kier molecular flexibility index (Phi) is 8.47. The summed E-state index contributed by atoms with van der Waals surface area (Å²) < 4.78 is 60.4. The predicted octanol–water partition coefficient (Wildman–Crippen LogP) is 5.44. The van der Waals surface area contributed by atoms with Crippen LogP contribution in [0.4, 0.5) is 19.0 Å². The molecule has 0 bridgehead atoms. The normalized spacial score (nSPS) is 10.5. The van der Waals surface area contributed by atoms with Crippen molar-refractivity contribution in [3.8, 4) is 23.4 Å². The Morgan fingerprint density at radius 2 is 1.85 bits per heavy atom. The van der Waals surface area contributed by atoms with Crippen LogP contribution in [0.1, 0.15) is 28.4 Å². The van der Waals surface area contributed by atoms with E-state index in [1.54, 1.807) is 6.92 Å². The van der Waals surface area contributed by atoms with Gasteiger partial charge in [-0.05, 0) is 36.4 Å². The van der Waals surface area contributed by atoms with Gasteiger partial charge in [0.05, 0.1) is 23.1 Å². The summed E-state index contributed by atoms with van der Waals surface area (Å²) in [5.74, 6) is -6.70. The van der Waals surface area contributed by atoms with E-state index in [0.29, 0.717) is 11.8 Å². The molecule has 39 heavy (non-hydrogen) atoms. The number of nitriles is 1. The number of rotatable bonds is 9. The predicted molar refractivity (Wildman–Crippen MR) is 133 cm³/mol. The first-order chi connectivity index (χ1) is 18.8.